The van der Waals surface area contributed by atoms with Gasteiger partial charge in [-0.1, -0.05) is 47.2 Å². The Morgan fingerprint density at radius 1 is 1.21 bits per heavy atom. The van der Waals surface area contributed by atoms with Gasteiger partial charge in [0, 0.05) is 17.0 Å². The maximum absolute atomic E-state index is 6.14. The Balaban J connectivity index is 2.04. The number of unbranched alkanes of at least 4 members (excludes halogenated alkanes) is 3. The standard InChI is InChI=1S/C16H26BrN7/c1-3-4-5-6-10-24-15(18)14(13-19-24)20-21-16-22(2)11-12-23(16)9-7-8-17/h11-13,18H,3-10H2,1-2H3/p+1. The number of nitrogens with two attached hydrogens (primary N) is 1. The lowest BCUT2D eigenvalue weighted by Crippen LogP contribution is -2.25. The van der Waals surface area contributed by atoms with Gasteiger partial charge in [0.25, 0.3) is 0 Å². The summed E-state index contributed by atoms with van der Waals surface area (Å²) in [6.45, 7) is 3.93. The van der Waals surface area contributed by atoms with Gasteiger partial charge in [-0.15, -0.1) is 0 Å². The highest BCUT2D eigenvalue weighted by Crippen LogP contribution is 2.23. The van der Waals surface area contributed by atoms with Crippen LogP contribution in [0.4, 0.5) is 17.5 Å². The Labute approximate surface area is 151 Å². The van der Waals surface area contributed by atoms with Crippen molar-refractivity contribution in [2.75, 3.05) is 11.1 Å². The monoisotopic (exact) mass is 396 g/mol. The van der Waals surface area contributed by atoms with Crippen LogP contribution >= 0.6 is 15.9 Å². The van der Waals surface area contributed by atoms with E-state index in [9.17, 15) is 0 Å². The topological polar surface area (TPSA) is 77.4 Å². The lowest BCUT2D eigenvalue weighted by molar-refractivity contribution is -0.657. The fraction of sp³-hybridized carbons (Fsp3) is 0.625. The third-order valence-electron chi connectivity index (χ3n) is 3.91. The summed E-state index contributed by atoms with van der Waals surface area (Å²) in [4.78, 5) is 0. The van der Waals surface area contributed by atoms with Crippen molar-refractivity contribution in [2.24, 2.45) is 17.3 Å². The van der Waals surface area contributed by atoms with Gasteiger partial charge in [-0.2, -0.15) is 5.10 Å². The molecule has 2 aromatic rings. The minimum atomic E-state index is 0.580. The number of imidazole rings is 1. The third kappa shape index (κ3) is 4.90. The average Bonchev–Trinajstić information content (AvgIpc) is 3.11. The number of halogens is 1. The number of hydrogen-bond donors (Lipinski definition) is 1. The van der Waals surface area contributed by atoms with Crippen LogP contribution in [0.3, 0.4) is 0 Å². The van der Waals surface area contributed by atoms with Gasteiger partial charge >= 0.3 is 5.95 Å². The fourth-order valence-corrected chi connectivity index (χ4v) is 2.73. The van der Waals surface area contributed by atoms with Crippen LogP contribution in [0.15, 0.2) is 28.8 Å². The normalized spacial score (nSPS) is 11.6. The van der Waals surface area contributed by atoms with E-state index in [0.29, 0.717) is 11.5 Å². The molecule has 0 bridgehead atoms. The number of azo groups is 1. The number of alkyl halides is 1. The molecular weight excluding hydrogens is 370 g/mol. The Morgan fingerprint density at radius 2 is 2.04 bits per heavy atom. The van der Waals surface area contributed by atoms with Crippen molar-refractivity contribution in [3.05, 3.63) is 18.6 Å². The van der Waals surface area contributed by atoms with E-state index < -0.39 is 0 Å². The molecule has 2 heterocycles. The second-order valence-electron chi connectivity index (χ2n) is 5.84. The van der Waals surface area contributed by atoms with Crippen molar-refractivity contribution in [1.82, 2.24) is 14.3 Å². The number of aryl methyl sites for hydroxylation is 3. The van der Waals surface area contributed by atoms with Crippen molar-refractivity contribution in [3.8, 4) is 0 Å². The number of nitrogen functional groups attached to an aromatic ring is 1. The number of nitrogens with zero attached hydrogens (tertiary/aromatic N) is 6. The first kappa shape index (κ1) is 18.6. The van der Waals surface area contributed by atoms with E-state index in [2.05, 4.69) is 42.7 Å². The molecule has 0 aromatic carbocycles. The quantitative estimate of drug-likeness (QED) is 0.286. The zero-order valence-electron chi connectivity index (χ0n) is 14.5. The van der Waals surface area contributed by atoms with Crippen molar-refractivity contribution in [3.63, 3.8) is 0 Å². The van der Waals surface area contributed by atoms with Crippen LogP contribution in [0, 0.1) is 0 Å². The lowest BCUT2D eigenvalue weighted by atomic mass is 10.2. The second-order valence-corrected chi connectivity index (χ2v) is 6.64. The van der Waals surface area contributed by atoms with Crippen molar-refractivity contribution in [1.29, 1.82) is 0 Å². The first-order valence-corrected chi connectivity index (χ1v) is 9.63. The molecule has 0 aliphatic heterocycles. The van der Waals surface area contributed by atoms with E-state index in [0.717, 1.165) is 37.2 Å². The fourth-order valence-electron chi connectivity index (χ4n) is 2.48. The first-order valence-electron chi connectivity index (χ1n) is 8.51. The molecule has 24 heavy (non-hydrogen) atoms. The predicted octanol–water partition coefficient (Wildman–Crippen LogP) is 3.87. The van der Waals surface area contributed by atoms with E-state index >= 15 is 0 Å². The molecule has 132 valence electrons. The van der Waals surface area contributed by atoms with Crippen LogP contribution in [0.25, 0.3) is 0 Å². The molecular formula is C16H27BrN7+. The third-order valence-corrected chi connectivity index (χ3v) is 4.47. The first-order chi connectivity index (χ1) is 11.7. The SMILES string of the molecule is CCCCCCn1ncc(N=Nc2n(CCCBr)cc[n+]2C)c1N. The molecule has 2 N–H and O–H groups in total. The van der Waals surface area contributed by atoms with E-state index in [1.54, 1.807) is 6.20 Å². The summed E-state index contributed by atoms with van der Waals surface area (Å²) in [5.74, 6) is 1.38. The molecule has 0 saturated carbocycles. The minimum Gasteiger partial charge on any atom is -0.382 e. The van der Waals surface area contributed by atoms with Crippen LogP contribution in [0.5, 0.6) is 0 Å². The highest BCUT2D eigenvalue weighted by molar-refractivity contribution is 9.09. The lowest BCUT2D eigenvalue weighted by Gasteiger charge is -2.03. The highest BCUT2D eigenvalue weighted by atomic mass is 79.9. The van der Waals surface area contributed by atoms with Crippen LogP contribution in [0.2, 0.25) is 0 Å². The average molecular weight is 397 g/mol. The summed E-state index contributed by atoms with van der Waals surface area (Å²) in [6, 6.07) is 0. The van der Waals surface area contributed by atoms with E-state index in [1.165, 1.54) is 19.3 Å². The van der Waals surface area contributed by atoms with Gasteiger partial charge in [0.05, 0.1) is 32.2 Å². The van der Waals surface area contributed by atoms with Crippen molar-refractivity contribution in [2.45, 2.75) is 52.1 Å². The molecule has 0 unspecified atom stereocenters. The van der Waals surface area contributed by atoms with Gasteiger partial charge < -0.3 is 5.73 Å². The highest BCUT2D eigenvalue weighted by Gasteiger charge is 2.15. The molecule has 0 fully saturated rings. The van der Waals surface area contributed by atoms with Gasteiger partial charge in [0.15, 0.2) is 11.5 Å². The summed E-state index contributed by atoms with van der Waals surface area (Å²) in [6.07, 6.45) is 11.5. The number of anilines is 1. The molecule has 0 atom stereocenters. The zero-order valence-corrected chi connectivity index (χ0v) is 16.1. The van der Waals surface area contributed by atoms with Crippen LogP contribution in [-0.4, -0.2) is 19.7 Å². The molecule has 0 aliphatic carbocycles. The molecule has 0 spiro atoms. The summed E-state index contributed by atoms with van der Waals surface area (Å²) >= 11 is 3.45. The summed E-state index contributed by atoms with van der Waals surface area (Å²) in [5.41, 5.74) is 6.76. The second kappa shape index (κ2) is 9.56. The van der Waals surface area contributed by atoms with Crippen molar-refractivity contribution < 1.29 is 4.57 Å². The maximum atomic E-state index is 6.14. The zero-order chi connectivity index (χ0) is 17.4. The molecule has 2 rings (SSSR count). The summed E-state index contributed by atoms with van der Waals surface area (Å²) in [7, 11) is 1.96. The number of aromatic nitrogens is 4. The largest absolute Gasteiger partial charge is 0.421 e. The molecule has 7 nitrogen and oxygen atoms in total. The Hall–Kier alpha value is -1.70. The van der Waals surface area contributed by atoms with Gasteiger partial charge in [-0.25, -0.2) is 13.8 Å². The van der Waals surface area contributed by atoms with E-state index in [1.807, 2.05) is 28.7 Å². The maximum Gasteiger partial charge on any atom is 0.421 e. The Kier molecular flexibility index (Phi) is 7.42. The molecule has 0 saturated heterocycles. The Bertz CT molecular complexity index is 659. The molecule has 0 aliphatic rings. The van der Waals surface area contributed by atoms with Crippen LogP contribution in [0.1, 0.15) is 39.0 Å². The summed E-state index contributed by atoms with van der Waals surface area (Å²) < 4.78 is 5.84. The van der Waals surface area contributed by atoms with Gasteiger partial charge in [-0.05, 0) is 12.8 Å². The number of hydrogen-bond acceptors (Lipinski definition) is 4. The predicted molar refractivity (Wildman–Crippen MR) is 99.0 cm³/mol. The Morgan fingerprint density at radius 3 is 2.79 bits per heavy atom. The summed E-state index contributed by atoms with van der Waals surface area (Å²) in [5, 5.41) is 14.0. The van der Waals surface area contributed by atoms with Crippen LogP contribution < -0.4 is 10.3 Å². The molecule has 0 radical (unpaired) electrons. The van der Waals surface area contributed by atoms with E-state index in [4.69, 9.17) is 5.73 Å². The van der Waals surface area contributed by atoms with Crippen molar-refractivity contribution >= 4 is 33.4 Å². The number of rotatable bonds is 10. The van der Waals surface area contributed by atoms with Gasteiger partial charge in [0.1, 0.15) is 0 Å². The molecule has 8 heteroatoms. The molecule has 2 aromatic heterocycles. The van der Waals surface area contributed by atoms with E-state index in [-0.39, 0.29) is 0 Å². The van der Waals surface area contributed by atoms with Crippen LogP contribution in [-0.2, 0) is 20.1 Å². The van der Waals surface area contributed by atoms with Gasteiger partial charge in [-0.3, -0.25) is 0 Å². The van der Waals surface area contributed by atoms with Gasteiger partial charge in [0.2, 0.25) is 0 Å². The smallest absolute Gasteiger partial charge is 0.382 e. The molecule has 0 amide bonds. The minimum absolute atomic E-state index is 0.580.